The van der Waals surface area contributed by atoms with Crippen LogP contribution in [0.4, 0.5) is 0 Å². The highest BCUT2D eigenvalue weighted by Gasteiger charge is 2.46. The van der Waals surface area contributed by atoms with E-state index in [2.05, 4.69) is 21.3 Å². The maximum absolute atomic E-state index is 12.9. The number of carbonyl (C=O) groups excluding carboxylic acids is 9. The average Bonchev–Trinajstić information content (AvgIpc) is 0.849. The Hall–Kier alpha value is -4.73. The van der Waals surface area contributed by atoms with Gasteiger partial charge in [0.05, 0.1) is 76.1 Å². The summed E-state index contributed by atoms with van der Waals surface area (Å²) in [4.78, 5) is 109. The molecule has 0 aromatic heterocycles. The van der Waals surface area contributed by atoms with E-state index in [0.717, 1.165) is 89.9 Å². The molecular formula is C70H122N4O21. The number of nitrogens with one attached hydrogen (secondary N) is 4. The first-order valence-corrected chi connectivity index (χ1v) is 35.3. The molecule has 4 amide bonds. The van der Waals surface area contributed by atoms with Crippen LogP contribution in [0.1, 0.15) is 212 Å². The van der Waals surface area contributed by atoms with Gasteiger partial charge in [-0.05, 0) is 74.0 Å². The van der Waals surface area contributed by atoms with Crippen LogP contribution >= 0.6 is 0 Å². The van der Waals surface area contributed by atoms with Crippen molar-refractivity contribution in [3.05, 3.63) is 0 Å². The summed E-state index contributed by atoms with van der Waals surface area (Å²) in [5, 5.41) is 11.9. The van der Waals surface area contributed by atoms with Gasteiger partial charge in [0.2, 0.25) is 23.6 Å². The van der Waals surface area contributed by atoms with Crippen molar-refractivity contribution >= 4 is 53.1 Å². The van der Waals surface area contributed by atoms with Gasteiger partial charge in [0.1, 0.15) is 31.4 Å². The lowest BCUT2D eigenvalue weighted by atomic mass is 9.82. The van der Waals surface area contributed by atoms with E-state index in [1.807, 2.05) is 48.5 Å². The molecule has 3 aliphatic rings. The highest BCUT2D eigenvalue weighted by molar-refractivity contribution is 5.79. The molecule has 95 heavy (non-hydrogen) atoms. The standard InChI is InChI=1S/C70H122N4O21/c1-46-49(4)64(72-52(7)75)67(93-60(46)40-90-55(10)78)87-34-25-19-14-16-22-28-58(81)30-37-84-43-70(13,44-85-38-31-59(82)29-23-17-15-20-26-35-88-68-65(73-53(8)76)50(5)47(2)61(94-68)41-91-56(11)79)45-86-39-32-63(83)71-33-24-18-21-27-36-89-69-66(74-54(9)77)51(6)48(3)62(95-69)42-92-57(12)80/h46-51,60-62,64-69H,14-45H2,1-13H3,(H,71,83)(H,72,75)(H,73,76)(H,74,77)/t46-,47-,48-,49+,50+,51+,60?,61?,62?,64?,65?,66?,67-,68-,69-,70?/m1/s1. The first-order chi connectivity index (χ1) is 45.2. The number of hydrogen-bond donors (Lipinski definition) is 4. The maximum Gasteiger partial charge on any atom is 0.302 e. The Balaban J connectivity index is 1.39. The minimum Gasteiger partial charge on any atom is -0.463 e. The van der Waals surface area contributed by atoms with Gasteiger partial charge in [0, 0.05) is 105 Å². The summed E-state index contributed by atoms with van der Waals surface area (Å²) in [6.07, 6.45) is 10.2. The molecule has 3 fully saturated rings. The van der Waals surface area contributed by atoms with Crippen LogP contribution in [-0.4, -0.2) is 194 Å². The Morgan fingerprint density at radius 3 is 0.968 bits per heavy atom. The average molecular weight is 1360 g/mol. The number of unbranched alkanes of at least 4 members (excludes halogenated alkanes) is 11. The molecular weight excluding hydrogens is 1230 g/mol. The number of ketones is 2. The van der Waals surface area contributed by atoms with Crippen molar-refractivity contribution in [3.8, 4) is 0 Å². The number of carbonyl (C=O) groups is 9. The van der Waals surface area contributed by atoms with Crippen LogP contribution in [0.15, 0.2) is 0 Å². The molecule has 0 aromatic rings. The molecule has 0 spiro atoms. The van der Waals surface area contributed by atoms with Crippen molar-refractivity contribution in [2.45, 2.75) is 267 Å². The van der Waals surface area contributed by atoms with Crippen LogP contribution in [0, 0.1) is 40.9 Å². The van der Waals surface area contributed by atoms with Gasteiger partial charge < -0.3 is 78.1 Å². The third-order valence-electron chi connectivity index (χ3n) is 18.5. The second-order valence-corrected chi connectivity index (χ2v) is 27.1. The van der Waals surface area contributed by atoms with Crippen molar-refractivity contribution in [1.82, 2.24) is 21.3 Å². The first-order valence-electron chi connectivity index (χ1n) is 35.3. The summed E-state index contributed by atoms with van der Waals surface area (Å²) >= 11 is 0. The second kappa shape index (κ2) is 47.3. The van der Waals surface area contributed by atoms with E-state index in [1.54, 1.807) is 0 Å². The van der Waals surface area contributed by atoms with Crippen LogP contribution in [0.2, 0.25) is 0 Å². The van der Waals surface area contributed by atoms with Gasteiger partial charge in [0.25, 0.3) is 0 Å². The molecule has 25 heteroatoms. The van der Waals surface area contributed by atoms with Crippen molar-refractivity contribution in [2.75, 3.05) is 85.8 Å². The molecule has 0 radical (unpaired) electrons. The van der Waals surface area contributed by atoms with Crippen molar-refractivity contribution < 1.29 is 100.0 Å². The fraction of sp³-hybridized carbons (Fsp3) is 0.871. The molecule has 0 aliphatic carbocycles. The SMILES string of the molecule is CC(=O)NC1[C@H](OCCCCCCCC(=O)CCOCC(C)(COCCC(=O)CCCCCCCO[C@@H]2OC(COC(C)=O)[C@H](C)[C@H](C)C2NC(C)=O)COCCC(=O)NCCCCCCO[C@@H]2OC(COC(C)=O)[C@H](C)[C@H](C)C2NC(C)=O)OC(COC(C)=O)[C@H](C)[C@@H]1C. The lowest BCUT2D eigenvalue weighted by molar-refractivity contribution is -0.244. The largest absolute Gasteiger partial charge is 0.463 e. The van der Waals surface area contributed by atoms with E-state index in [0.29, 0.717) is 39.2 Å². The van der Waals surface area contributed by atoms with Crippen molar-refractivity contribution in [3.63, 3.8) is 0 Å². The predicted molar refractivity (Wildman–Crippen MR) is 353 cm³/mol. The zero-order valence-corrected chi connectivity index (χ0v) is 59.9. The molecule has 3 rings (SSSR count). The lowest BCUT2D eigenvalue weighted by Gasteiger charge is -2.44. The summed E-state index contributed by atoms with van der Waals surface area (Å²) in [7, 11) is 0. The van der Waals surface area contributed by atoms with E-state index in [9.17, 15) is 43.2 Å². The highest BCUT2D eigenvalue weighted by Crippen LogP contribution is 2.35. The minimum absolute atomic E-state index is 0.0197. The number of hydrogen-bond acceptors (Lipinski definition) is 21. The molecule has 548 valence electrons. The van der Waals surface area contributed by atoms with Gasteiger partial charge in [-0.15, -0.1) is 0 Å². The summed E-state index contributed by atoms with van der Waals surface area (Å²) < 4.78 is 71.0. The van der Waals surface area contributed by atoms with E-state index in [1.165, 1.54) is 41.5 Å². The topological polar surface area (TPSA) is 313 Å². The van der Waals surface area contributed by atoms with Gasteiger partial charge >= 0.3 is 17.9 Å². The van der Waals surface area contributed by atoms with Gasteiger partial charge in [-0.3, -0.25) is 43.2 Å². The third-order valence-corrected chi connectivity index (χ3v) is 18.5. The monoisotopic (exact) mass is 1350 g/mol. The van der Waals surface area contributed by atoms with E-state index < -0.39 is 24.3 Å². The fourth-order valence-corrected chi connectivity index (χ4v) is 12.1. The van der Waals surface area contributed by atoms with Crippen LogP contribution in [0.5, 0.6) is 0 Å². The number of ether oxygens (including phenoxy) is 12. The Kier molecular flexibility index (Phi) is 42.1. The molecule has 15 atom stereocenters. The number of esters is 3. The van der Waals surface area contributed by atoms with Crippen LogP contribution in [-0.2, 0) is 100.0 Å². The summed E-state index contributed by atoms with van der Waals surface area (Å²) in [5.41, 5.74) is -0.636. The zero-order valence-electron chi connectivity index (χ0n) is 59.9. The molecule has 25 nitrogen and oxygen atoms in total. The highest BCUT2D eigenvalue weighted by atomic mass is 16.7. The van der Waals surface area contributed by atoms with Gasteiger partial charge in [0.15, 0.2) is 18.9 Å². The quantitative estimate of drug-likeness (QED) is 0.0255. The lowest BCUT2D eigenvalue weighted by Crippen LogP contribution is -2.58. The molecule has 3 saturated heterocycles. The van der Waals surface area contributed by atoms with Gasteiger partial charge in [-0.25, -0.2) is 0 Å². The molecule has 3 aliphatic heterocycles. The maximum atomic E-state index is 12.9. The summed E-state index contributed by atoms with van der Waals surface area (Å²) in [6.45, 7) is 26.0. The third kappa shape index (κ3) is 35.1. The molecule has 3 heterocycles. The van der Waals surface area contributed by atoms with E-state index in [-0.39, 0.29) is 204 Å². The molecule has 0 bridgehead atoms. The Bertz CT molecular complexity index is 2030. The molecule has 6 unspecified atom stereocenters. The molecule has 0 aromatic carbocycles. The van der Waals surface area contributed by atoms with Crippen molar-refractivity contribution in [2.24, 2.45) is 40.9 Å². The second-order valence-electron chi connectivity index (χ2n) is 27.1. The van der Waals surface area contributed by atoms with E-state index >= 15 is 0 Å². The molecule has 4 N–H and O–H groups in total. The van der Waals surface area contributed by atoms with Crippen LogP contribution in [0.3, 0.4) is 0 Å². The number of rotatable bonds is 50. The predicted octanol–water partition coefficient (Wildman–Crippen LogP) is 7.95. The van der Waals surface area contributed by atoms with Crippen LogP contribution < -0.4 is 21.3 Å². The van der Waals surface area contributed by atoms with E-state index in [4.69, 9.17) is 56.8 Å². The molecule has 0 saturated carbocycles. The minimum atomic E-state index is -0.680. The zero-order chi connectivity index (χ0) is 70.3. The first kappa shape index (κ1) is 84.5. The van der Waals surface area contributed by atoms with Gasteiger partial charge in [-0.1, -0.05) is 99.8 Å². The normalized spacial score (nSPS) is 26.5. The summed E-state index contributed by atoms with van der Waals surface area (Å²) in [6, 6.07) is -1.02. The van der Waals surface area contributed by atoms with Crippen molar-refractivity contribution in [1.29, 1.82) is 0 Å². The Labute approximate surface area is 566 Å². The van der Waals surface area contributed by atoms with Crippen LogP contribution in [0.25, 0.3) is 0 Å². The number of amides is 4. The Morgan fingerprint density at radius 1 is 0.358 bits per heavy atom. The Morgan fingerprint density at radius 2 is 0.653 bits per heavy atom. The fourth-order valence-electron chi connectivity index (χ4n) is 12.1. The number of Topliss-reactive ketones (excluding diaryl/α,β-unsaturated/α-hetero) is 2. The summed E-state index contributed by atoms with van der Waals surface area (Å²) in [5.74, 6) is -1.43. The van der Waals surface area contributed by atoms with Gasteiger partial charge in [-0.2, -0.15) is 0 Å². The smallest absolute Gasteiger partial charge is 0.302 e.